The van der Waals surface area contributed by atoms with E-state index in [9.17, 15) is 23.3 Å². The number of anilines is 2. The lowest BCUT2D eigenvalue weighted by atomic mass is 10.2. The molecule has 0 spiro atoms. The first-order chi connectivity index (χ1) is 16.3. The Bertz CT molecular complexity index is 1250. The smallest absolute Gasteiger partial charge is 0.271 e. The molecule has 34 heavy (non-hydrogen) atoms. The van der Waals surface area contributed by atoms with Crippen LogP contribution < -0.4 is 20.1 Å². The standard InChI is InChI=1S/C23H24N4O6S/c1-33-22-13-10-19(27(29)30)16-21(22)26-34(31,32)20-11-8-17(9-12-20)23(28)25-15-5-14-24-18-6-3-2-4-7-18/h2-4,6-13,16,24,26H,5,14-15H2,1H3,(H,25,28). The van der Waals surface area contributed by atoms with E-state index in [1.54, 1.807) is 0 Å². The quantitative estimate of drug-likeness (QED) is 0.214. The van der Waals surface area contributed by atoms with Crippen LogP contribution >= 0.6 is 0 Å². The van der Waals surface area contributed by atoms with E-state index in [0.29, 0.717) is 25.1 Å². The van der Waals surface area contributed by atoms with E-state index in [2.05, 4.69) is 15.4 Å². The van der Waals surface area contributed by atoms with E-state index in [-0.39, 0.29) is 27.9 Å². The molecule has 0 radical (unpaired) electrons. The number of hydrogen-bond acceptors (Lipinski definition) is 7. The van der Waals surface area contributed by atoms with Gasteiger partial charge in [-0.1, -0.05) is 18.2 Å². The SMILES string of the molecule is COc1ccc([N+](=O)[O-])cc1NS(=O)(=O)c1ccc(C(=O)NCCCNc2ccccc2)cc1. The highest BCUT2D eigenvalue weighted by molar-refractivity contribution is 7.92. The molecule has 0 aliphatic rings. The molecule has 0 aliphatic carbocycles. The van der Waals surface area contributed by atoms with Crippen LogP contribution in [0.25, 0.3) is 0 Å². The van der Waals surface area contributed by atoms with Gasteiger partial charge in [-0.05, 0) is 48.9 Å². The van der Waals surface area contributed by atoms with Gasteiger partial charge in [0.15, 0.2) is 0 Å². The van der Waals surface area contributed by atoms with Crippen molar-refractivity contribution in [3.63, 3.8) is 0 Å². The molecule has 3 N–H and O–H groups in total. The molecule has 0 saturated carbocycles. The number of nitrogens with one attached hydrogen (secondary N) is 3. The van der Waals surface area contributed by atoms with E-state index in [1.165, 1.54) is 43.5 Å². The molecule has 0 aromatic heterocycles. The van der Waals surface area contributed by atoms with Crippen LogP contribution in [-0.4, -0.2) is 39.4 Å². The third-order valence-corrected chi connectivity index (χ3v) is 6.19. The maximum atomic E-state index is 12.7. The Labute approximate surface area is 197 Å². The number of carbonyl (C=O) groups is 1. The first-order valence-electron chi connectivity index (χ1n) is 10.3. The van der Waals surface area contributed by atoms with E-state index < -0.39 is 14.9 Å². The number of para-hydroxylation sites is 1. The molecule has 0 saturated heterocycles. The largest absolute Gasteiger partial charge is 0.495 e. The highest BCUT2D eigenvalue weighted by Gasteiger charge is 2.19. The number of amides is 1. The summed E-state index contributed by atoms with van der Waals surface area (Å²) in [5.74, 6) is -0.191. The van der Waals surface area contributed by atoms with Crippen molar-refractivity contribution in [2.45, 2.75) is 11.3 Å². The number of benzene rings is 3. The minimum Gasteiger partial charge on any atom is -0.495 e. The van der Waals surface area contributed by atoms with Gasteiger partial charge in [-0.25, -0.2) is 8.42 Å². The van der Waals surface area contributed by atoms with Crippen molar-refractivity contribution < 1.29 is 22.9 Å². The Balaban J connectivity index is 1.58. The van der Waals surface area contributed by atoms with Gasteiger partial charge in [0.25, 0.3) is 21.6 Å². The normalized spacial score (nSPS) is 10.9. The molecule has 3 aromatic carbocycles. The lowest BCUT2D eigenvalue weighted by molar-refractivity contribution is -0.384. The van der Waals surface area contributed by atoms with Crippen molar-refractivity contribution in [3.05, 3.63) is 88.5 Å². The predicted molar refractivity (Wildman–Crippen MR) is 129 cm³/mol. The number of hydrogen-bond donors (Lipinski definition) is 3. The summed E-state index contributed by atoms with van der Waals surface area (Å²) in [5, 5.41) is 17.1. The summed E-state index contributed by atoms with van der Waals surface area (Å²) in [6.07, 6.45) is 0.710. The molecule has 1 amide bonds. The Morgan fingerprint density at radius 2 is 1.71 bits per heavy atom. The molecular weight excluding hydrogens is 460 g/mol. The van der Waals surface area contributed by atoms with Crippen molar-refractivity contribution in [1.82, 2.24) is 5.32 Å². The van der Waals surface area contributed by atoms with Crippen molar-refractivity contribution in [3.8, 4) is 5.75 Å². The van der Waals surface area contributed by atoms with Gasteiger partial charge in [0.2, 0.25) is 0 Å². The molecule has 11 heteroatoms. The fourth-order valence-electron chi connectivity index (χ4n) is 3.06. The van der Waals surface area contributed by atoms with Crippen molar-refractivity contribution in [1.29, 1.82) is 0 Å². The van der Waals surface area contributed by atoms with Crippen LogP contribution in [0.3, 0.4) is 0 Å². The van der Waals surface area contributed by atoms with Crippen LogP contribution in [0.1, 0.15) is 16.8 Å². The van der Waals surface area contributed by atoms with Gasteiger partial charge in [0.1, 0.15) is 5.75 Å². The van der Waals surface area contributed by atoms with Gasteiger partial charge in [0, 0.05) is 36.5 Å². The molecular formula is C23H24N4O6S. The number of rotatable bonds is 11. The van der Waals surface area contributed by atoms with E-state index in [0.717, 1.165) is 11.8 Å². The van der Waals surface area contributed by atoms with Crippen LogP contribution in [0.5, 0.6) is 5.75 Å². The molecule has 0 atom stereocenters. The summed E-state index contributed by atoms with van der Waals surface area (Å²) in [6.45, 7) is 1.14. The van der Waals surface area contributed by atoms with Crippen LogP contribution in [0, 0.1) is 10.1 Å². The van der Waals surface area contributed by atoms with Crippen LogP contribution in [0.15, 0.2) is 77.7 Å². The average Bonchev–Trinajstić information content (AvgIpc) is 2.84. The van der Waals surface area contributed by atoms with E-state index in [1.807, 2.05) is 30.3 Å². The minimum atomic E-state index is -4.07. The molecule has 0 unspecified atom stereocenters. The van der Waals surface area contributed by atoms with Crippen LogP contribution in [-0.2, 0) is 10.0 Å². The first kappa shape index (κ1) is 24.5. The monoisotopic (exact) mass is 484 g/mol. The summed E-state index contributed by atoms with van der Waals surface area (Å²) in [4.78, 5) is 22.6. The zero-order valence-electron chi connectivity index (χ0n) is 18.4. The fourth-order valence-corrected chi connectivity index (χ4v) is 4.12. The number of non-ortho nitro benzene ring substituents is 1. The Morgan fingerprint density at radius 1 is 1.00 bits per heavy atom. The maximum absolute atomic E-state index is 12.7. The van der Waals surface area contributed by atoms with Gasteiger partial charge in [-0.3, -0.25) is 19.6 Å². The second-order valence-corrected chi connectivity index (χ2v) is 8.86. The first-order valence-corrected chi connectivity index (χ1v) is 11.8. The Hall–Kier alpha value is -4.12. The molecule has 0 fully saturated rings. The maximum Gasteiger partial charge on any atom is 0.271 e. The van der Waals surface area contributed by atoms with Gasteiger partial charge in [-0.2, -0.15) is 0 Å². The molecule has 3 aromatic rings. The number of nitro benzene ring substituents is 1. The highest BCUT2D eigenvalue weighted by Crippen LogP contribution is 2.30. The molecule has 0 bridgehead atoms. The molecule has 0 aliphatic heterocycles. The topological polar surface area (TPSA) is 140 Å². The third-order valence-electron chi connectivity index (χ3n) is 4.81. The highest BCUT2D eigenvalue weighted by atomic mass is 32.2. The zero-order chi connectivity index (χ0) is 24.6. The number of nitro groups is 1. The summed E-state index contributed by atoms with van der Waals surface area (Å²) >= 11 is 0. The number of nitrogens with zero attached hydrogens (tertiary/aromatic N) is 1. The van der Waals surface area contributed by atoms with Gasteiger partial charge < -0.3 is 15.4 Å². The summed E-state index contributed by atoms with van der Waals surface area (Å²) in [6, 6.07) is 18.7. The number of carbonyl (C=O) groups excluding carboxylic acids is 1. The lowest BCUT2D eigenvalue weighted by Crippen LogP contribution is -2.26. The second kappa shape index (κ2) is 11.1. The second-order valence-electron chi connectivity index (χ2n) is 7.17. The zero-order valence-corrected chi connectivity index (χ0v) is 19.2. The van der Waals surface area contributed by atoms with E-state index >= 15 is 0 Å². The summed E-state index contributed by atoms with van der Waals surface area (Å²) < 4.78 is 32.9. The number of sulfonamides is 1. The van der Waals surface area contributed by atoms with Gasteiger partial charge in [-0.15, -0.1) is 0 Å². The summed E-state index contributed by atoms with van der Waals surface area (Å²) in [5.41, 5.74) is 0.956. The van der Waals surface area contributed by atoms with Crippen LogP contribution in [0.2, 0.25) is 0 Å². The molecule has 3 rings (SSSR count). The molecule has 10 nitrogen and oxygen atoms in total. The molecule has 178 valence electrons. The predicted octanol–water partition coefficient (Wildman–Crippen LogP) is 3.64. The van der Waals surface area contributed by atoms with Gasteiger partial charge in [0.05, 0.1) is 22.6 Å². The minimum absolute atomic E-state index is 0.0670. The Morgan fingerprint density at radius 3 is 2.35 bits per heavy atom. The number of methoxy groups -OCH3 is 1. The molecule has 0 heterocycles. The van der Waals surface area contributed by atoms with Crippen molar-refractivity contribution in [2.75, 3.05) is 30.2 Å². The fraction of sp³-hybridized carbons (Fsp3) is 0.174. The van der Waals surface area contributed by atoms with Gasteiger partial charge >= 0.3 is 0 Å². The van der Waals surface area contributed by atoms with Crippen molar-refractivity contribution in [2.24, 2.45) is 0 Å². The third kappa shape index (κ3) is 6.45. The van der Waals surface area contributed by atoms with Crippen molar-refractivity contribution >= 4 is 33.0 Å². The van der Waals surface area contributed by atoms with E-state index in [4.69, 9.17) is 4.74 Å². The van der Waals surface area contributed by atoms with Crippen LogP contribution in [0.4, 0.5) is 17.1 Å². The lowest BCUT2D eigenvalue weighted by Gasteiger charge is -2.12. The number of ether oxygens (including phenoxy) is 1. The summed E-state index contributed by atoms with van der Waals surface area (Å²) in [7, 11) is -2.75. The Kier molecular flexibility index (Phi) is 8.04. The average molecular weight is 485 g/mol.